The van der Waals surface area contributed by atoms with E-state index in [1.807, 2.05) is 6.92 Å². The van der Waals surface area contributed by atoms with Crippen LogP contribution in [0.3, 0.4) is 0 Å². The second-order valence-corrected chi connectivity index (χ2v) is 6.08. The molecule has 5 nitrogen and oxygen atoms in total. The summed E-state index contributed by atoms with van der Waals surface area (Å²) < 4.78 is 25.3. The molecule has 1 atom stereocenters. The van der Waals surface area contributed by atoms with Gasteiger partial charge in [-0.2, -0.15) is 4.98 Å². The van der Waals surface area contributed by atoms with E-state index < -0.39 is 0 Å². The molecule has 0 aliphatic heterocycles. The maximum Gasteiger partial charge on any atom is 0.223 e. The Morgan fingerprint density at radius 1 is 1.28 bits per heavy atom. The zero-order valence-corrected chi connectivity index (χ0v) is 13.7. The number of Topliss-reactive ketones (excluding diaryl/α,β-unsaturated/α-hetero) is 1. The van der Waals surface area contributed by atoms with Crippen LogP contribution in [0.1, 0.15) is 41.0 Å². The van der Waals surface area contributed by atoms with Crippen molar-refractivity contribution in [2.45, 2.75) is 26.2 Å². The van der Waals surface area contributed by atoms with Crippen molar-refractivity contribution in [3.8, 4) is 23.1 Å². The number of rotatable bonds is 3. The van der Waals surface area contributed by atoms with Gasteiger partial charge >= 0.3 is 0 Å². The topological polar surface area (TPSA) is 65.2 Å². The number of nitrogens with zero attached hydrogens (tertiary/aromatic N) is 2. The smallest absolute Gasteiger partial charge is 0.223 e. The number of furan rings is 1. The van der Waals surface area contributed by atoms with Crippen molar-refractivity contribution in [1.82, 2.24) is 9.97 Å². The number of halogens is 1. The van der Waals surface area contributed by atoms with Gasteiger partial charge in [0.05, 0.1) is 11.8 Å². The average molecular weight is 338 g/mol. The third-order valence-corrected chi connectivity index (χ3v) is 4.22. The highest BCUT2D eigenvalue weighted by atomic mass is 19.1. The van der Waals surface area contributed by atoms with Gasteiger partial charge in [0.25, 0.3) is 0 Å². The van der Waals surface area contributed by atoms with E-state index in [0.29, 0.717) is 34.2 Å². The predicted molar refractivity (Wildman–Crippen MR) is 88.3 cm³/mol. The summed E-state index contributed by atoms with van der Waals surface area (Å²) in [7, 11) is 0. The number of ether oxygens (including phenoxy) is 1. The fraction of sp³-hybridized carbons (Fsp3) is 0.211. The minimum atomic E-state index is -0.379. The van der Waals surface area contributed by atoms with Gasteiger partial charge in [-0.1, -0.05) is 6.92 Å². The number of aryl methyl sites for hydroxylation is 1. The molecule has 1 aliphatic rings. The van der Waals surface area contributed by atoms with E-state index >= 15 is 0 Å². The summed E-state index contributed by atoms with van der Waals surface area (Å²) in [6.45, 7) is 3.57. The first-order valence-corrected chi connectivity index (χ1v) is 7.96. The number of hydrogen-bond acceptors (Lipinski definition) is 5. The summed E-state index contributed by atoms with van der Waals surface area (Å²) in [5.74, 6) is 1.03. The van der Waals surface area contributed by atoms with Crippen LogP contribution in [0.5, 0.6) is 11.6 Å². The van der Waals surface area contributed by atoms with E-state index in [2.05, 4.69) is 9.97 Å². The maximum absolute atomic E-state index is 14.1. The Bertz CT molecular complexity index is 967. The van der Waals surface area contributed by atoms with Gasteiger partial charge in [0.1, 0.15) is 23.1 Å². The van der Waals surface area contributed by atoms with Crippen molar-refractivity contribution in [3.05, 3.63) is 59.4 Å². The first-order chi connectivity index (χ1) is 12.0. The molecule has 25 heavy (non-hydrogen) atoms. The van der Waals surface area contributed by atoms with Crippen LogP contribution in [0.4, 0.5) is 4.39 Å². The predicted octanol–water partition coefficient (Wildman–Crippen LogP) is 4.67. The SMILES string of the molecule is Cc1nc(Oc2ccc(F)c3c2C(=O)CC3C)cc(-c2ccco2)n1. The Balaban J connectivity index is 1.76. The summed E-state index contributed by atoms with van der Waals surface area (Å²) >= 11 is 0. The van der Waals surface area contributed by atoms with Gasteiger partial charge < -0.3 is 9.15 Å². The number of aromatic nitrogens is 2. The lowest BCUT2D eigenvalue weighted by atomic mass is 10.0. The maximum atomic E-state index is 14.1. The van der Waals surface area contributed by atoms with Crippen molar-refractivity contribution in [2.75, 3.05) is 0 Å². The first kappa shape index (κ1) is 15.5. The zero-order chi connectivity index (χ0) is 17.6. The molecule has 0 saturated carbocycles. The summed E-state index contributed by atoms with van der Waals surface area (Å²) in [6, 6.07) is 7.97. The molecule has 0 fully saturated rings. The highest BCUT2D eigenvalue weighted by Gasteiger charge is 2.32. The third kappa shape index (κ3) is 2.69. The van der Waals surface area contributed by atoms with Crippen molar-refractivity contribution in [1.29, 1.82) is 0 Å². The molecule has 0 amide bonds. The van der Waals surface area contributed by atoms with Crippen molar-refractivity contribution >= 4 is 5.78 Å². The van der Waals surface area contributed by atoms with Gasteiger partial charge in [0.15, 0.2) is 11.5 Å². The Kier molecular flexibility index (Phi) is 3.60. The molecular weight excluding hydrogens is 323 g/mol. The Hall–Kier alpha value is -3.02. The van der Waals surface area contributed by atoms with E-state index in [-0.39, 0.29) is 29.8 Å². The molecule has 2 aromatic heterocycles. The number of carbonyl (C=O) groups is 1. The van der Waals surface area contributed by atoms with Gasteiger partial charge in [0.2, 0.25) is 5.88 Å². The minimum Gasteiger partial charge on any atom is -0.463 e. The Morgan fingerprint density at radius 2 is 2.12 bits per heavy atom. The second-order valence-electron chi connectivity index (χ2n) is 6.08. The lowest BCUT2D eigenvalue weighted by Crippen LogP contribution is -2.01. The van der Waals surface area contributed by atoms with E-state index in [1.54, 1.807) is 31.4 Å². The molecule has 2 heterocycles. The molecule has 6 heteroatoms. The summed E-state index contributed by atoms with van der Waals surface area (Å²) in [4.78, 5) is 20.8. The zero-order valence-electron chi connectivity index (χ0n) is 13.7. The summed E-state index contributed by atoms with van der Waals surface area (Å²) in [5, 5.41) is 0. The minimum absolute atomic E-state index is 0.117. The van der Waals surface area contributed by atoms with Crippen LogP contribution in [0.2, 0.25) is 0 Å². The monoisotopic (exact) mass is 338 g/mol. The number of carbonyl (C=O) groups excluding carboxylic acids is 1. The van der Waals surface area contributed by atoms with Gasteiger partial charge in [-0.25, -0.2) is 9.37 Å². The van der Waals surface area contributed by atoms with Gasteiger partial charge in [-0.3, -0.25) is 4.79 Å². The van der Waals surface area contributed by atoms with Gasteiger partial charge in [0, 0.05) is 18.1 Å². The fourth-order valence-electron chi connectivity index (χ4n) is 3.17. The quantitative estimate of drug-likeness (QED) is 0.694. The molecule has 0 N–H and O–H groups in total. The third-order valence-electron chi connectivity index (χ3n) is 4.22. The van der Waals surface area contributed by atoms with Crippen LogP contribution in [-0.4, -0.2) is 15.8 Å². The molecule has 0 spiro atoms. The normalized spacial score (nSPS) is 16.1. The van der Waals surface area contributed by atoms with E-state index in [4.69, 9.17) is 9.15 Å². The van der Waals surface area contributed by atoms with Crippen LogP contribution in [0, 0.1) is 12.7 Å². The van der Waals surface area contributed by atoms with E-state index in [1.165, 1.54) is 12.1 Å². The van der Waals surface area contributed by atoms with Crippen LogP contribution in [0.15, 0.2) is 41.0 Å². The van der Waals surface area contributed by atoms with Gasteiger partial charge in [-0.05, 0) is 37.1 Å². The molecule has 1 aromatic carbocycles. The summed E-state index contributed by atoms with van der Waals surface area (Å²) in [6.07, 6.45) is 1.84. The van der Waals surface area contributed by atoms with Crippen LogP contribution in [0.25, 0.3) is 11.5 Å². The lowest BCUT2D eigenvalue weighted by Gasteiger charge is -2.11. The van der Waals surface area contributed by atoms with Crippen molar-refractivity contribution < 1.29 is 18.3 Å². The first-order valence-electron chi connectivity index (χ1n) is 7.96. The average Bonchev–Trinajstić information content (AvgIpc) is 3.18. The van der Waals surface area contributed by atoms with Crippen LogP contribution >= 0.6 is 0 Å². The molecule has 1 unspecified atom stereocenters. The summed E-state index contributed by atoms with van der Waals surface area (Å²) in [5.41, 5.74) is 1.30. The highest BCUT2D eigenvalue weighted by Crippen LogP contribution is 2.41. The molecular formula is C19H15FN2O3. The fourth-order valence-corrected chi connectivity index (χ4v) is 3.17. The molecule has 0 saturated heterocycles. The number of ketones is 1. The molecule has 4 rings (SSSR count). The molecule has 0 radical (unpaired) electrons. The standard InChI is InChI=1S/C19H15FN2O3/c1-10-8-14(23)19-16(6-5-12(20)18(10)19)25-17-9-13(21-11(2)22-17)15-4-3-7-24-15/h3-7,9-10H,8H2,1-2H3. The molecule has 0 bridgehead atoms. The number of benzene rings is 1. The molecule has 3 aromatic rings. The number of hydrogen-bond donors (Lipinski definition) is 0. The van der Waals surface area contributed by atoms with Crippen molar-refractivity contribution in [3.63, 3.8) is 0 Å². The number of fused-ring (bicyclic) bond motifs is 1. The van der Waals surface area contributed by atoms with E-state index in [9.17, 15) is 9.18 Å². The van der Waals surface area contributed by atoms with Crippen molar-refractivity contribution in [2.24, 2.45) is 0 Å². The Labute approximate surface area is 143 Å². The Morgan fingerprint density at radius 3 is 2.88 bits per heavy atom. The van der Waals surface area contributed by atoms with Gasteiger partial charge in [-0.15, -0.1) is 0 Å². The highest BCUT2D eigenvalue weighted by molar-refractivity contribution is 6.03. The lowest BCUT2D eigenvalue weighted by molar-refractivity contribution is 0.0988. The van der Waals surface area contributed by atoms with Crippen LogP contribution in [-0.2, 0) is 0 Å². The molecule has 126 valence electrons. The second kappa shape index (κ2) is 5.81. The van der Waals surface area contributed by atoms with E-state index in [0.717, 1.165) is 0 Å². The molecule has 1 aliphatic carbocycles. The van der Waals surface area contributed by atoms with Crippen LogP contribution < -0.4 is 4.74 Å². The largest absolute Gasteiger partial charge is 0.463 e.